The lowest BCUT2D eigenvalue weighted by molar-refractivity contribution is -0.917. The predicted octanol–water partition coefficient (Wildman–Crippen LogP) is 3.53. The van der Waals surface area contributed by atoms with Gasteiger partial charge in [0.2, 0.25) is 0 Å². The molecule has 0 aliphatic carbocycles. The van der Waals surface area contributed by atoms with Crippen LogP contribution in [0.3, 0.4) is 0 Å². The Labute approximate surface area is 133 Å². The summed E-state index contributed by atoms with van der Waals surface area (Å²) in [6.07, 6.45) is 5.52. The molecule has 0 radical (unpaired) electrons. The Kier molecular flexibility index (Phi) is 8.84. The van der Waals surface area contributed by atoms with Gasteiger partial charge in [-0.25, -0.2) is 0 Å². The smallest absolute Gasteiger partial charge is 0.102 e. The second kappa shape index (κ2) is 9.81. The van der Waals surface area contributed by atoms with Gasteiger partial charge in [-0.1, -0.05) is 13.3 Å². The molecule has 0 saturated carbocycles. The lowest BCUT2D eigenvalue weighted by atomic mass is 10.2. The number of unbranched alkanes of at least 4 members (excludes halogenated alkanes) is 1. The van der Waals surface area contributed by atoms with Gasteiger partial charge in [0.1, 0.15) is 6.54 Å². The van der Waals surface area contributed by atoms with Gasteiger partial charge >= 0.3 is 0 Å². The van der Waals surface area contributed by atoms with Crippen molar-refractivity contribution in [3.8, 4) is 0 Å². The van der Waals surface area contributed by atoms with Crippen LogP contribution < -0.4 is 0 Å². The van der Waals surface area contributed by atoms with Crippen molar-refractivity contribution >= 4 is 0 Å². The van der Waals surface area contributed by atoms with Crippen LogP contribution in [0.15, 0.2) is 0 Å². The minimum atomic E-state index is 0.607. The van der Waals surface area contributed by atoms with Crippen LogP contribution in [0, 0.1) is 0 Å². The molecule has 1 saturated heterocycles. The summed E-state index contributed by atoms with van der Waals surface area (Å²) in [6, 6.07) is 1.21. The zero-order valence-electron chi connectivity index (χ0n) is 15.2. The highest BCUT2D eigenvalue weighted by molar-refractivity contribution is 4.66. The summed E-state index contributed by atoms with van der Waals surface area (Å²) in [6.45, 7) is 19.6. The van der Waals surface area contributed by atoms with Crippen LogP contribution in [-0.2, 0) is 4.74 Å². The largest absolute Gasteiger partial charge is 0.374 e. The first kappa shape index (κ1) is 18.9. The summed E-state index contributed by atoms with van der Waals surface area (Å²) in [5.74, 6) is 0. The molecule has 0 amide bonds. The lowest BCUT2D eigenvalue weighted by Crippen LogP contribution is -2.48. The van der Waals surface area contributed by atoms with E-state index in [1.807, 2.05) is 0 Å². The lowest BCUT2D eigenvalue weighted by Gasteiger charge is -2.34. The topological polar surface area (TPSA) is 12.5 Å². The molecule has 1 fully saturated rings. The molecular formula is C18H39N2O+. The van der Waals surface area contributed by atoms with Crippen LogP contribution in [0.5, 0.6) is 0 Å². The third-order valence-corrected chi connectivity index (χ3v) is 5.03. The summed E-state index contributed by atoms with van der Waals surface area (Å²) < 4.78 is 7.30. The first-order valence-electron chi connectivity index (χ1n) is 9.19. The number of nitrogens with zero attached hydrogens (tertiary/aromatic N) is 2. The Hall–Kier alpha value is -0.120. The summed E-state index contributed by atoms with van der Waals surface area (Å²) in [5, 5.41) is 0. The van der Waals surface area contributed by atoms with E-state index in [1.165, 1.54) is 56.3 Å². The van der Waals surface area contributed by atoms with Gasteiger partial charge in [-0.05, 0) is 34.1 Å². The number of rotatable bonds is 11. The van der Waals surface area contributed by atoms with Crippen LogP contribution in [0.25, 0.3) is 0 Å². The molecule has 1 aliphatic rings. The molecule has 0 unspecified atom stereocenters. The fraction of sp³-hybridized carbons (Fsp3) is 1.00. The molecule has 1 rings (SSSR count). The highest BCUT2D eigenvalue weighted by Crippen LogP contribution is 2.20. The maximum absolute atomic E-state index is 5.97. The third kappa shape index (κ3) is 6.66. The quantitative estimate of drug-likeness (QED) is 0.427. The second-order valence-corrected chi connectivity index (χ2v) is 7.33. The Morgan fingerprint density at radius 3 is 2.10 bits per heavy atom. The van der Waals surface area contributed by atoms with Gasteiger partial charge in [-0.3, -0.25) is 4.90 Å². The van der Waals surface area contributed by atoms with Gasteiger partial charge < -0.3 is 9.22 Å². The van der Waals surface area contributed by atoms with Crippen molar-refractivity contribution in [2.24, 2.45) is 0 Å². The molecule has 0 aromatic heterocycles. The zero-order valence-corrected chi connectivity index (χ0v) is 15.2. The van der Waals surface area contributed by atoms with Crippen LogP contribution in [0.2, 0.25) is 0 Å². The zero-order chi connectivity index (χ0) is 15.7. The van der Waals surface area contributed by atoms with Gasteiger partial charge in [0, 0.05) is 31.5 Å². The van der Waals surface area contributed by atoms with Crippen molar-refractivity contribution in [1.29, 1.82) is 0 Å². The van der Waals surface area contributed by atoms with E-state index in [-0.39, 0.29) is 0 Å². The van der Waals surface area contributed by atoms with Crippen molar-refractivity contribution in [2.75, 3.05) is 45.9 Å². The molecular weight excluding hydrogens is 260 g/mol. The van der Waals surface area contributed by atoms with E-state index in [9.17, 15) is 0 Å². The molecule has 3 heteroatoms. The third-order valence-electron chi connectivity index (χ3n) is 5.03. The number of hydrogen-bond acceptors (Lipinski definition) is 2. The predicted molar refractivity (Wildman–Crippen MR) is 91.7 cm³/mol. The van der Waals surface area contributed by atoms with E-state index in [1.54, 1.807) is 0 Å². The minimum absolute atomic E-state index is 0.607. The van der Waals surface area contributed by atoms with Gasteiger partial charge in [0.25, 0.3) is 0 Å². The van der Waals surface area contributed by atoms with Crippen LogP contribution in [0.4, 0.5) is 0 Å². The van der Waals surface area contributed by atoms with Gasteiger partial charge in [0.05, 0.1) is 32.8 Å². The summed E-state index contributed by atoms with van der Waals surface area (Å²) in [4.78, 5) is 2.51. The molecule has 0 atom stereocenters. The Balaban J connectivity index is 2.22. The van der Waals surface area contributed by atoms with Crippen molar-refractivity contribution in [3.05, 3.63) is 0 Å². The fourth-order valence-corrected chi connectivity index (χ4v) is 3.70. The monoisotopic (exact) mass is 299 g/mol. The number of hydrogen-bond donors (Lipinski definition) is 0. The summed E-state index contributed by atoms with van der Waals surface area (Å²) in [5.41, 5.74) is 0. The van der Waals surface area contributed by atoms with Crippen LogP contribution >= 0.6 is 0 Å². The molecule has 3 nitrogen and oxygen atoms in total. The molecule has 0 bridgehead atoms. The maximum Gasteiger partial charge on any atom is 0.102 e. The molecule has 21 heavy (non-hydrogen) atoms. The van der Waals surface area contributed by atoms with Gasteiger partial charge in [-0.15, -0.1) is 0 Å². The van der Waals surface area contributed by atoms with Crippen LogP contribution in [-0.4, -0.2) is 67.4 Å². The molecule has 1 aliphatic heterocycles. The van der Waals surface area contributed by atoms with Gasteiger partial charge in [0.15, 0.2) is 0 Å². The minimum Gasteiger partial charge on any atom is -0.374 e. The normalized spacial score (nSPS) is 18.3. The van der Waals surface area contributed by atoms with Crippen molar-refractivity contribution < 1.29 is 9.22 Å². The van der Waals surface area contributed by atoms with E-state index >= 15 is 0 Å². The number of ether oxygens (including phenoxy) is 1. The first-order valence-corrected chi connectivity index (χ1v) is 9.19. The first-order chi connectivity index (χ1) is 10.0. The number of likely N-dealkylation sites (tertiary alicyclic amines) is 1. The van der Waals surface area contributed by atoms with Gasteiger partial charge in [-0.2, -0.15) is 0 Å². The number of quaternary nitrogens is 1. The molecule has 0 N–H and O–H groups in total. The molecule has 126 valence electrons. The van der Waals surface area contributed by atoms with Crippen molar-refractivity contribution in [1.82, 2.24) is 4.90 Å². The maximum atomic E-state index is 5.97. The average molecular weight is 300 g/mol. The van der Waals surface area contributed by atoms with E-state index in [0.717, 1.165) is 19.8 Å². The Bertz CT molecular complexity index is 252. The Morgan fingerprint density at radius 2 is 1.57 bits per heavy atom. The fourth-order valence-electron chi connectivity index (χ4n) is 3.70. The van der Waals surface area contributed by atoms with E-state index < -0.39 is 0 Å². The molecule has 1 heterocycles. The molecule has 0 aromatic carbocycles. The standard InChI is InChI=1S/C18H39N2O/c1-6-7-11-20(12-8-9-13-20)14-16-21-15-10-19(17(2)3)18(4)5/h17-18H,6-16H2,1-5H3/q+1. The highest BCUT2D eigenvalue weighted by Gasteiger charge is 2.30. The molecule has 0 aromatic rings. The van der Waals surface area contributed by atoms with Crippen LogP contribution in [0.1, 0.15) is 60.3 Å². The highest BCUT2D eigenvalue weighted by atomic mass is 16.5. The second-order valence-electron chi connectivity index (χ2n) is 7.33. The summed E-state index contributed by atoms with van der Waals surface area (Å²) >= 11 is 0. The van der Waals surface area contributed by atoms with E-state index in [2.05, 4.69) is 39.5 Å². The molecule has 0 spiro atoms. The van der Waals surface area contributed by atoms with Crippen molar-refractivity contribution in [2.45, 2.75) is 72.4 Å². The summed E-state index contributed by atoms with van der Waals surface area (Å²) in [7, 11) is 0. The Morgan fingerprint density at radius 1 is 0.952 bits per heavy atom. The SMILES string of the molecule is CCCC[N+]1(CCOCCN(C(C)C)C(C)C)CCCC1. The van der Waals surface area contributed by atoms with Crippen molar-refractivity contribution in [3.63, 3.8) is 0 Å². The average Bonchev–Trinajstić information content (AvgIpc) is 2.88. The van der Waals surface area contributed by atoms with E-state index in [0.29, 0.717) is 12.1 Å². The van der Waals surface area contributed by atoms with E-state index in [4.69, 9.17) is 4.74 Å².